The lowest BCUT2D eigenvalue weighted by atomic mass is 9.87. The number of nitrogens with one attached hydrogen (secondary N) is 1. The fourth-order valence-electron chi connectivity index (χ4n) is 6.56. The number of aryl methyl sites for hydroxylation is 1. The molecule has 0 aliphatic carbocycles. The summed E-state index contributed by atoms with van der Waals surface area (Å²) in [6.07, 6.45) is 7.04. The van der Waals surface area contributed by atoms with Crippen molar-refractivity contribution in [3.05, 3.63) is 59.8 Å². The molecule has 2 aromatic heterocycles. The Labute approximate surface area is 214 Å². The molecule has 0 spiro atoms. The van der Waals surface area contributed by atoms with Crippen LogP contribution in [0.4, 0.5) is 0 Å². The first-order valence-corrected chi connectivity index (χ1v) is 13.9. The molecule has 1 N–H and O–H groups in total. The van der Waals surface area contributed by atoms with Gasteiger partial charge < -0.3 is 14.8 Å². The van der Waals surface area contributed by atoms with Crippen LogP contribution in [-0.4, -0.2) is 63.5 Å². The number of pyridine rings is 1. The van der Waals surface area contributed by atoms with Crippen LogP contribution in [0.25, 0.3) is 33.3 Å². The second kappa shape index (κ2) is 9.95. The Hall–Kier alpha value is -2.76. The highest BCUT2D eigenvalue weighted by molar-refractivity contribution is 5.94. The maximum atomic E-state index is 5.01. The highest BCUT2D eigenvalue weighted by atomic mass is 15.2. The maximum Gasteiger partial charge on any atom is 0.140 e. The highest BCUT2D eigenvalue weighted by Crippen LogP contribution is 2.34. The molecule has 2 aliphatic heterocycles. The first-order chi connectivity index (χ1) is 17.5. The third kappa shape index (κ3) is 4.67. The topological polar surface area (TPSA) is 48.0 Å². The number of aromatic amines is 1. The molecule has 2 saturated heterocycles. The minimum atomic E-state index is 0.636. The molecule has 5 nitrogen and oxygen atoms in total. The Bertz CT molecular complexity index is 1330. The Kier molecular flexibility index (Phi) is 6.53. The number of fused-ring (bicyclic) bond motifs is 2. The second-order valence-electron chi connectivity index (χ2n) is 11.4. The second-order valence-corrected chi connectivity index (χ2v) is 11.4. The van der Waals surface area contributed by atoms with Gasteiger partial charge in [-0.3, -0.25) is 4.98 Å². The molecule has 36 heavy (non-hydrogen) atoms. The van der Waals surface area contributed by atoms with Crippen molar-refractivity contribution in [3.63, 3.8) is 0 Å². The molecule has 0 amide bonds. The number of para-hydroxylation sites is 1. The van der Waals surface area contributed by atoms with Crippen LogP contribution in [0.3, 0.4) is 0 Å². The molecule has 0 bridgehead atoms. The molecule has 5 heteroatoms. The molecule has 2 aromatic carbocycles. The van der Waals surface area contributed by atoms with Crippen LogP contribution >= 0.6 is 0 Å². The van der Waals surface area contributed by atoms with Crippen LogP contribution in [0.1, 0.15) is 56.6 Å². The van der Waals surface area contributed by atoms with E-state index in [4.69, 9.17) is 4.98 Å². The largest absolute Gasteiger partial charge is 0.338 e. The molecule has 188 valence electrons. The van der Waals surface area contributed by atoms with Gasteiger partial charge in [0.05, 0.1) is 16.6 Å². The molecule has 4 aromatic rings. The van der Waals surface area contributed by atoms with Crippen LogP contribution in [0.15, 0.2) is 48.7 Å². The highest BCUT2D eigenvalue weighted by Gasteiger charge is 2.29. The number of hydrogen-bond acceptors (Lipinski definition) is 4. The standard InChI is InChI=1S/C31H39N5/c1-21(2)20-35-14-11-26(12-15-35)36-16-9-23(10-17-36)25-18-22(3)29-28(19-25)33-31(34-29)27-8-4-6-24-7-5-13-32-30(24)27/h4-8,13,18-19,21,23,26H,9-12,14-17,20H2,1-3H3,(H,33,34). The number of aromatic nitrogens is 3. The molecule has 2 fully saturated rings. The summed E-state index contributed by atoms with van der Waals surface area (Å²) in [5, 5.41) is 1.14. The molecular formula is C31H39N5. The summed E-state index contributed by atoms with van der Waals surface area (Å²) in [7, 11) is 0. The summed E-state index contributed by atoms with van der Waals surface area (Å²) in [5.74, 6) is 2.32. The van der Waals surface area contributed by atoms with E-state index < -0.39 is 0 Å². The number of likely N-dealkylation sites (tertiary alicyclic amines) is 2. The quantitative estimate of drug-likeness (QED) is 0.359. The first kappa shape index (κ1) is 23.6. The van der Waals surface area contributed by atoms with Gasteiger partial charge in [0, 0.05) is 29.7 Å². The average molecular weight is 482 g/mol. The van der Waals surface area contributed by atoms with Crippen LogP contribution in [-0.2, 0) is 0 Å². The first-order valence-electron chi connectivity index (χ1n) is 13.9. The van der Waals surface area contributed by atoms with Gasteiger partial charge in [-0.2, -0.15) is 0 Å². The van der Waals surface area contributed by atoms with E-state index in [1.165, 1.54) is 69.5 Å². The number of H-pyrrole nitrogens is 1. The van der Waals surface area contributed by atoms with Gasteiger partial charge in [-0.25, -0.2) is 4.98 Å². The third-order valence-electron chi connectivity index (χ3n) is 8.39. The van der Waals surface area contributed by atoms with Gasteiger partial charge in [-0.05, 0) is 99.9 Å². The molecule has 0 unspecified atom stereocenters. The van der Waals surface area contributed by atoms with Gasteiger partial charge in [0.25, 0.3) is 0 Å². The van der Waals surface area contributed by atoms with Crippen molar-refractivity contribution in [1.82, 2.24) is 24.8 Å². The monoisotopic (exact) mass is 481 g/mol. The van der Waals surface area contributed by atoms with Gasteiger partial charge in [-0.15, -0.1) is 0 Å². The predicted molar refractivity (Wildman–Crippen MR) is 149 cm³/mol. The average Bonchev–Trinajstić information content (AvgIpc) is 3.33. The molecule has 4 heterocycles. The fraction of sp³-hybridized carbons (Fsp3) is 0.484. The van der Waals surface area contributed by atoms with E-state index in [9.17, 15) is 0 Å². The van der Waals surface area contributed by atoms with Crippen molar-refractivity contribution in [1.29, 1.82) is 0 Å². The molecule has 2 aliphatic rings. The summed E-state index contributed by atoms with van der Waals surface area (Å²) in [6.45, 7) is 13.1. The number of hydrogen-bond donors (Lipinski definition) is 1. The van der Waals surface area contributed by atoms with Gasteiger partial charge >= 0.3 is 0 Å². The summed E-state index contributed by atoms with van der Waals surface area (Å²) in [4.78, 5) is 18.7. The van der Waals surface area contributed by atoms with E-state index in [1.54, 1.807) is 0 Å². The van der Waals surface area contributed by atoms with Crippen LogP contribution in [0.2, 0.25) is 0 Å². The van der Waals surface area contributed by atoms with Crippen molar-refractivity contribution < 1.29 is 0 Å². The SMILES string of the molecule is Cc1cc(C2CCN(C3CCN(CC(C)C)CC3)CC2)cc2[nH]c(-c3cccc4cccnc34)nc12. The smallest absolute Gasteiger partial charge is 0.140 e. The van der Waals surface area contributed by atoms with E-state index in [0.29, 0.717) is 5.92 Å². The van der Waals surface area contributed by atoms with Crippen LogP contribution in [0, 0.1) is 12.8 Å². The van der Waals surface area contributed by atoms with Crippen molar-refractivity contribution in [3.8, 4) is 11.4 Å². The Morgan fingerprint density at radius 3 is 2.50 bits per heavy atom. The number of rotatable bonds is 5. The summed E-state index contributed by atoms with van der Waals surface area (Å²) in [6, 6.07) is 15.9. The summed E-state index contributed by atoms with van der Waals surface area (Å²) in [5.41, 5.74) is 7.02. The van der Waals surface area contributed by atoms with Gasteiger partial charge in [0.2, 0.25) is 0 Å². The van der Waals surface area contributed by atoms with Crippen LogP contribution in [0.5, 0.6) is 0 Å². The van der Waals surface area contributed by atoms with E-state index in [0.717, 1.165) is 45.3 Å². The van der Waals surface area contributed by atoms with E-state index in [1.807, 2.05) is 12.3 Å². The normalized spacial score (nSPS) is 19.1. The third-order valence-corrected chi connectivity index (χ3v) is 8.39. The molecular weight excluding hydrogens is 442 g/mol. The molecule has 0 saturated carbocycles. The lowest BCUT2D eigenvalue weighted by Gasteiger charge is -2.42. The van der Waals surface area contributed by atoms with E-state index in [2.05, 4.69) is 76.9 Å². The van der Waals surface area contributed by atoms with Crippen molar-refractivity contribution in [2.24, 2.45) is 5.92 Å². The number of nitrogens with zero attached hydrogens (tertiary/aromatic N) is 4. The zero-order chi connectivity index (χ0) is 24.6. The Balaban J connectivity index is 1.16. The summed E-state index contributed by atoms with van der Waals surface area (Å²) < 4.78 is 0. The maximum absolute atomic E-state index is 5.01. The zero-order valence-corrected chi connectivity index (χ0v) is 22.0. The Morgan fingerprint density at radius 1 is 0.944 bits per heavy atom. The van der Waals surface area contributed by atoms with Gasteiger partial charge in [-0.1, -0.05) is 38.1 Å². The molecule has 6 rings (SSSR count). The van der Waals surface area contributed by atoms with Crippen molar-refractivity contribution in [2.75, 3.05) is 32.7 Å². The van der Waals surface area contributed by atoms with Crippen LogP contribution < -0.4 is 0 Å². The van der Waals surface area contributed by atoms with Gasteiger partial charge in [0.1, 0.15) is 5.82 Å². The minimum absolute atomic E-state index is 0.636. The molecule has 0 radical (unpaired) electrons. The zero-order valence-electron chi connectivity index (χ0n) is 22.0. The fourth-order valence-corrected chi connectivity index (χ4v) is 6.56. The Morgan fingerprint density at radius 2 is 1.72 bits per heavy atom. The van der Waals surface area contributed by atoms with E-state index in [-0.39, 0.29) is 0 Å². The van der Waals surface area contributed by atoms with E-state index >= 15 is 0 Å². The van der Waals surface area contributed by atoms with Crippen molar-refractivity contribution in [2.45, 2.75) is 58.4 Å². The lowest BCUT2D eigenvalue weighted by Crippen LogP contribution is -2.48. The lowest BCUT2D eigenvalue weighted by molar-refractivity contribution is 0.0828. The minimum Gasteiger partial charge on any atom is -0.338 e. The number of benzene rings is 2. The summed E-state index contributed by atoms with van der Waals surface area (Å²) >= 11 is 0. The number of piperidine rings is 2. The number of imidazole rings is 1. The molecule has 0 atom stereocenters. The van der Waals surface area contributed by atoms with Gasteiger partial charge in [0.15, 0.2) is 0 Å². The van der Waals surface area contributed by atoms with Crippen molar-refractivity contribution >= 4 is 21.9 Å². The predicted octanol–water partition coefficient (Wildman–Crippen LogP) is 6.39.